The molecule has 1 heterocycles. The maximum atomic E-state index is 5.94. The fraction of sp³-hybridized carbons (Fsp3) is 0.235. The second-order valence-corrected chi connectivity index (χ2v) is 5.32. The van der Waals surface area contributed by atoms with E-state index in [1.807, 2.05) is 24.3 Å². The molecule has 0 saturated heterocycles. The van der Waals surface area contributed by atoms with E-state index < -0.39 is 0 Å². The summed E-state index contributed by atoms with van der Waals surface area (Å²) in [4.78, 5) is 4.77. The van der Waals surface area contributed by atoms with Crippen molar-refractivity contribution in [2.45, 2.75) is 13.3 Å². The van der Waals surface area contributed by atoms with Crippen LogP contribution in [0.2, 0.25) is 0 Å². The number of nitrogens with zero attached hydrogens (tertiary/aromatic N) is 2. The number of ether oxygens (including phenoxy) is 1. The Hall–Kier alpha value is -2.00. The first-order valence-corrected chi connectivity index (χ1v) is 7.45. The van der Waals surface area contributed by atoms with Crippen LogP contribution in [0, 0.1) is 6.92 Å². The molecule has 0 amide bonds. The maximum absolute atomic E-state index is 5.94. The molecule has 2 aromatic carbocycles. The van der Waals surface area contributed by atoms with Gasteiger partial charge in [0.2, 0.25) is 0 Å². The van der Waals surface area contributed by atoms with Gasteiger partial charge < -0.3 is 4.74 Å². The minimum atomic E-state index is 0.554. The zero-order chi connectivity index (χ0) is 14.8. The summed E-state index contributed by atoms with van der Waals surface area (Å²) in [6.45, 7) is 2.08. The van der Waals surface area contributed by atoms with Gasteiger partial charge in [-0.3, -0.25) is 4.57 Å². The molecule has 108 valence electrons. The molecule has 0 aliphatic carbocycles. The van der Waals surface area contributed by atoms with E-state index in [0.29, 0.717) is 5.88 Å². The van der Waals surface area contributed by atoms with Crippen molar-refractivity contribution in [2.75, 3.05) is 13.0 Å². The predicted octanol–water partition coefficient (Wildman–Crippen LogP) is 4.12. The third-order valence-corrected chi connectivity index (χ3v) is 3.79. The van der Waals surface area contributed by atoms with E-state index in [1.54, 1.807) is 7.11 Å². The molecular weight excluding hydrogens is 284 g/mol. The molecule has 3 rings (SSSR count). The van der Waals surface area contributed by atoms with E-state index in [0.717, 1.165) is 34.7 Å². The van der Waals surface area contributed by atoms with E-state index in [2.05, 4.69) is 29.7 Å². The van der Waals surface area contributed by atoms with Crippen LogP contribution in [0.4, 0.5) is 0 Å². The third kappa shape index (κ3) is 2.49. The van der Waals surface area contributed by atoms with Crippen LogP contribution < -0.4 is 4.74 Å². The van der Waals surface area contributed by atoms with E-state index in [9.17, 15) is 0 Å². The molecular formula is C17H17ClN2O. The molecule has 0 aliphatic heterocycles. The Morgan fingerprint density at radius 3 is 2.57 bits per heavy atom. The first kappa shape index (κ1) is 14.0. The van der Waals surface area contributed by atoms with Crippen LogP contribution in [0.1, 0.15) is 11.4 Å². The number of alkyl halides is 1. The van der Waals surface area contributed by atoms with Crippen molar-refractivity contribution >= 4 is 22.6 Å². The van der Waals surface area contributed by atoms with Gasteiger partial charge in [0.15, 0.2) is 0 Å². The zero-order valence-corrected chi connectivity index (χ0v) is 12.9. The van der Waals surface area contributed by atoms with Crippen LogP contribution >= 0.6 is 11.6 Å². The first-order valence-electron chi connectivity index (χ1n) is 6.92. The predicted molar refractivity (Wildman–Crippen MR) is 86.8 cm³/mol. The summed E-state index contributed by atoms with van der Waals surface area (Å²) in [6, 6.07) is 14.2. The molecule has 0 N–H and O–H groups in total. The normalized spacial score (nSPS) is 11.0. The fourth-order valence-corrected chi connectivity index (χ4v) is 2.73. The second-order valence-electron chi connectivity index (χ2n) is 4.94. The first-order chi connectivity index (χ1) is 10.2. The number of benzene rings is 2. The van der Waals surface area contributed by atoms with Gasteiger partial charge in [-0.25, -0.2) is 4.98 Å². The molecule has 0 atom stereocenters. The van der Waals surface area contributed by atoms with Crippen LogP contribution in [0.5, 0.6) is 5.75 Å². The highest BCUT2D eigenvalue weighted by Crippen LogP contribution is 2.25. The lowest BCUT2D eigenvalue weighted by Crippen LogP contribution is -2.02. The van der Waals surface area contributed by atoms with Crippen molar-refractivity contribution in [3.63, 3.8) is 0 Å². The molecule has 3 nitrogen and oxygen atoms in total. The van der Waals surface area contributed by atoms with Gasteiger partial charge in [-0.2, -0.15) is 0 Å². The number of aromatic nitrogens is 2. The van der Waals surface area contributed by atoms with Crippen LogP contribution in [0.3, 0.4) is 0 Å². The fourth-order valence-electron chi connectivity index (χ4n) is 2.56. The molecule has 4 heteroatoms. The van der Waals surface area contributed by atoms with Gasteiger partial charge in [-0.1, -0.05) is 12.1 Å². The topological polar surface area (TPSA) is 27.1 Å². The van der Waals surface area contributed by atoms with Crippen molar-refractivity contribution in [1.29, 1.82) is 0 Å². The molecule has 0 spiro atoms. The Morgan fingerprint density at radius 1 is 1.14 bits per heavy atom. The van der Waals surface area contributed by atoms with Gasteiger partial charge in [-0.15, -0.1) is 11.6 Å². The number of rotatable bonds is 4. The lowest BCUT2D eigenvalue weighted by Gasteiger charge is -2.09. The number of imidazole rings is 1. The average Bonchev–Trinajstić information content (AvgIpc) is 2.87. The summed E-state index contributed by atoms with van der Waals surface area (Å²) < 4.78 is 7.40. The number of methoxy groups -OCH3 is 1. The maximum Gasteiger partial charge on any atom is 0.119 e. The van der Waals surface area contributed by atoms with Crippen molar-refractivity contribution in [3.05, 3.63) is 53.9 Å². The molecule has 21 heavy (non-hydrogen) atoms. The molecule has 0 saturated carbocycles. The van der Waals surface area contributed by atoms with E-state index in [1.165, 1.54) is 5.56 Å². The number of halogens is 1. The Morgan fingerprint density at radius 2 is 1.90 bits per heavy atom. The zero-order valence-electron chi connectivity index (χ0n) is 12.1. The van der Waals surface area contributed by atoms with Crippen LogP contribution in [0.15, 0.2) is 42.5 Å². The molecule has 0 unspecified atom stereocenters. The van der Waals surface area contributed by atoms with Crippen molar-refractivity contribution in [1.82, 2.24) is 9.55 Å². The van der Waals surface area contributed by atoms with Crippen LogP contribution in [-0.2, 0) is 6.42 Å². The van der Waals surface area contributed by atoms with Gasteiger partial charge >= 0.3 is 0 Å². The molecule has 0 aliphatic rings. The quantitative estimate of drug-likeness (QED) is 0.678. The van der Waals surface area contributed by atoms with E-state index in [4.69, 9.17) is 21.3 Å². The molecule has 0 fully saturated rings. The summed E-state index contributed by atoms with van der Waals surface area (Å²) >= 11 is 5.94. The minimum Gasteiger partial charge on any atom is -0.497 e. The Bertz CT molecular complexity index is 762. The molecule has 0 bridgehead atoms. The Kier molecular flexibility index (Phi) is 3.84. The SMILES string of the molecule is COc1ccc(-n2c(CCCl)nc3c(C)cccc32)cc1. The third-order valence-electron chi connectivity index (χ3n) is 3.61. The highest BCUT2D eigenvalue weighted by Gasteiger charge is 2.13. The molecule has 0 radical (unpaired) electrons. The van der Waals surface area contributed by atoms with E-state index >= 15 is 0 Å². The summed E-state index contributed by atoms with van der Waals surface area (Å²) in [5.74, 6) is 2.39. The van der Waals surface area contributed by atoms with Crippen LogP contribution in [0.25, 0.3) is 16.7 Å². The highest BCUT2D eigenvalue weighted by atomic mass is 35.5. The summed E-state index contributed by atoms with van der Waals surface area (Å²) in [5, 5.41) is 0. The number of hydrogen-bond acceptors (Lipinski definition) is 2. The highest BCUT2D eigenvalue weighted by molar-refractivity contribution is 6.17. The lowest BCUT2D eigenvalue weighted by molar-refractivity contribution is 0.414. The molecule has 1 aromatic heterocycles. The van der Waals surface area contributed by atoms with Gasteiger partial charge in [0, 0.05) is 18.0 Å². The number of hydrogen-bond donors (Lipinski definition) is 0. The monoisotopic (exact) mass is 300 g/mol. The van der Waals surface area contributed by atoms with Gasteiger partial charge in [0.1, 0.15) is 11.6 Å². The average molecular weight is 301 g/mol. The number of aryl methyl sites for hydroxylation is 2. The Labute approximate surface area is 129 Å². The van der Waals surface area contributed by atoms with Crippen molar-refractivity contribution in [3.8, 4) is 11.4 Å². The largest absolute Gasteiger partial charge is 0.497 e. The Balaban J connectivity index is 2.22. The number of fused-ring (bicyclic) bond motifs is 1. The van der Waals surface area contributed by atoms with Gasteiger partial charge in [0.05, 0.1) is 18.1 Å². The van der Waals surface area contributed by atoms with Gasteiger partial charge in [0.25, 0.3) is 0 Å². The minimum absolute atomic E-state index is 0.554. The van der Waals surface area contributed by atoms with Gasteiger partial charge in [-0.05, 0) is 42.8 Å². The molecule has 3 aromatic rings. The van der Waals surface area contributed by atoms with Crippen molar-refractivity contribution < 1.29 is 4.74 Å². The summed E-state index contributed by atoms with van der Waals surface area (Å²) in [6.07, 6.45) is 0.738. The standard InChI is InChI=1S/C17H17ClN2O/c1-12-4-3-5-15-17(12)19-16(10-11-18)20(15)13-6-8-14(21-2)9-7-13/h3-9H,10-11H2,1-2H3. The van der Waals surface area contributed by atoms with E-state index in [-0.39, 0.29) is 0 Å². The summed E-state index contributed by atoms with van der Waals surface area (Å²) in [7, 11) is 1.67. The number of para-hydroxylation sites is 1. The smallest absolute Gasteiger partial charge is 0.119 e. The second kappa shape index (κ2) is 5.78. The summed E-state index contributed by atoms with van der Waals surface area (Å²) in [5.41, 5.74) is 4.40. The lowest BCUT2D eigenvalue weighted by atomic mass is 10.2. The van der Waals surface area contributed by atoms with Crippen LogP contribution in [-0.4, -0.2) is 22.5 Å². The van der Waals surface area contributed by atoms with Crippen molar-refractivity contribution in [2.24, 2.45) is 0 Å².